The average molecular weight is 194 g/mol. The molecule has 6 heteroatoms. The molecule has 1 amide bonds. The molecular weight excluding hydrogens is 180 g/mol. The Balaban J connectivity index is 4.12. The van der Waals surface area contributed by atoms with Crippen molar-refractivity contribution >= 4 is 15.7 Å². The van der Waals surface area contributed by atoms with Crippen LogP contribution >= 0.6 is 0 Å². The van der Waals surface area contributed by atoms with Gasteiger partial charge in [0.2, 0.25) is 5.91 Å². The molecule has 0 radical (unpaired) electrons. The van der Waals surface area contributed by atoms with Crippen LogP contribution in [0, 0.1) is 0 Å². The zero-order chi connectivity index (χ0) is 9.78. The topological polar surface area (TPSA) is 89.3 Å². The molecule has 0 heterocycles. The molecular formula is C6H14N2O3S. The molecule has 0 saturated heterocycles. The highest BCUT2D eigenvalue weighted by atomic mass is 32.2. The van der Waals surface area contributed by atoms with Crippen LogP contribution < -0.4 is 11.1 Å². The second-order valence-electron chi connectivity index (χ2n) is 2.55. The highest BCUT2D eigenvalue weighted by molar-refractivity contribution is 7.92. The van der Waals surface area contributed by atoms with E-state index < -0.39 is 21.0 Å². The molecule has 5 nitrogen and oxygen atoms in total. The Morgan fingerprint density at radius 3 is 2.42 bits per heavy atom. The number of carbonyl (C=O) groups excluding carboxylic acids is 1. The van der Waals surface area contributed by atoms with Gasteiger partial charge in [0.05, 0.1) is 0 Å². The Labute approximate surface area is 72.2 Å². The van der Waals surface area contributed by atoms with Crippen LogP contribution in [0.3, 0.4) is 0 Å². The van der Waals surface area contributed by atoms with Gasteiger partial charge in [0.1, 0.15) is 5.25 Å². The van der Waals surface area contributed by atoms with Crippen LogP contribution in [0.1, 0.15) is 6.92 Å². The van der Waals surface area contributed by atoms with Crippen molar-refractivity contribution in [1.82, 2.24) is 5.32 Å². The van der Waals surface area contributed by atoms with Gasteiger partial charge >= 0.3 is 0 Å². The smallest absolute Gasteiger partial charge is 0.238 e. The Bertz CT molecular complexity index is 248. The first-order valence-corrected chi connectivity index (χ1v) is 5.51. The summed E-state index contributed by atoms with van der Waals surface area (Å²) in [6.45, 7) is 1.96. The molecule has 0 rings (SSSR count). The minimum atomic E-state index is -3.29. The average Bonchev–Trinajstić information content (AvgIpc) is 1.97. The van der Waals surface area contributed by atoms with Crippen LogP contribution in [0.5, 0.6) is 0 Å². The normalized spacial score (nSPS) is 13.9. The van der Waals surface area contributed by atoms with Crippen molar-refractivity contribution < 1.29 is 13.2 Å². The summed E-state index contributed by atoms with van der Waals surface area (Å²) in [5.74, 6) is -0.497. The second kappa shape index (κ2) is 4.42. The molecule has 3 N–H and O–H groups in total. The van der Waals surface area contributed by atoms with E-state index in [4.69, 9.17) is 5.73 Å². The molecule has 0 fully saturated rings. The summed E-state index contributed by atoms with van der Waals surface area (Å²) in [5.41, 5.74) is 5.12. The lowest BCUT2D eigenvalue weighted by Crippen LogP contribution is -2.39. The van der Waals surface area contributed by atoms with Crippen molar-refractivity contribution in [2.45, 2.75) is 12.2 Å². The predicted molar refractivity (Wildman–Crippen MR) is 46.4 cm³/mol. The fourth-order valence-corrected chi connectivity index (χ4v) is 1.01. The maximum Gasteiger partial charge on any atom is 0.238 e. The highest BCUT2D eigenvalue weighted by Gasteiger charge is 2.22. The van der Waals surface area contributed by atoms with Gasteiger partial charge in [-0.05, 0) is 6.92 Å². The Kier molecular flexibility index (Phi) is 4.19. The van der Waals surface area contributed by atoms with E-state index in [-0.39, 0.29) is 0 Å². The summed E-state index contributed by atoms with van der Waals surface area (Å²) >= 11 is 0. The van der Waals surface area contributed by atoms with E-state index in [9.17, 15) is 13.2 Å². The number of rotatable bonds is 4. The second-order valence-corrected chi connectivity index (χ2v) is 4.92. The molecule has 1 unspecified atom stereocenters. The molecule has 0 aromatic heterocycles. The van der Waals surface area contributed by atoms with Gasteiger partial charge in [-0.1, -0.05) is 0 Å². The molecule has 0 aromatic carbocycles. The van der Waals surface area contributed by atoms with E-state index in [0.29, 0.717) is 13.1 Å². The van der Waals surface area contributed by atoms with E-state index in [1.165, 1.54) is 6.92 Å². The molecule has 12 heavy (non-hydrogen) atoms. The lowest BCUT2D eigenvalue weighted by molar-refractivity contribution is -0.120. The molecule has 0 bridgehead atoms. The quantitative estimate of drug-likeness (QED) is 0.569. The molecule has 0 aliphatic rings. The van der Waals surface area contributed by atoms with Crippen molar-refractivity contribution in [1.29, 1.82) is 0 Å². The number of hydrogen-bond acceptors (Lipinski definition) is 4. The minimum Gasteiger partial charge on any atom is -0.354 e. The van der Waals surface area contributed by atoms with Crippen molar-refractivity contribution in [2.24, 2.45) is 5.73 Å². The van der Waals surface area contributed by atoms with Gasteiger partial charge in [0.25, 0.3) is 0 Å². The molecule has 1 atom stereocenters. The molecule has 0 aromatic rings. The first-order valence-electron chi connectivity index (χ1n) is 3.56. The maximum absolute atomic E-state index is 11.0. The Morgan fingerprint density at radius 2 is 2.08 bits per heavy atom. The van der Waals surface area contributed by atoms with E-state index in [1.54, 1.807) is 0 Å². The first-order chi connectivity index (χ1) is 5.39. The van der Waals surface area contributed by atoms with Crippen LogP contribution in [0.25, 0.3) is 0 Å². The lowest BCUT2D eigenvalue weighted by Gasteiger charge is -2.08. The number of nitrogens with one attached hydrogen (secondary N) is 1. The van der Waals surface area contributed by atoms with Crippen molar-refractivity contribution in [3.05, 3.63) is 0 Å². The summed E-state index contributed by atoms with van der Waals surface area (Å²) in [6, 6.07) is 0. The van der Waals surface area contributed by atoms with E-state index in [2.05, 4.69) is 5.32 Å². The van der Waals surface area contributed by atoms with Crippen molar-refractivity contribution in [3.63, 3.8) is 0 Å². The monoisotopic (exact) mass is 194 g/mol. The molecule has 0 saturated carbocycles. The zero-order valence-corrected chi connectivity index (χ0v) is 8.02. The van der Waals surface area contributed by atoms with Crippen LogP contribution in [0.2, 0.25) is 0 Å². The number of nitrogens with two attached hydrogens (primary N) is 1. The molecule has 0 spiro atoms. The van der Waals surface area contributed by atoms with Gasteiger partial charge in [0, 0.05) is 19.3 Å². The SMILES string of the molecule is CC(C(=O)NCCN)S(C)(=O)=O. The zero-order valence-electron chi connectivity index (χ0n) is 7.20. The number of amides is 1. The predicted octanol–water partition coefficient (Wildman–Crippen LogP) is -1.51. The van der Waals surface area contributed by atoms with Crippen LogP contribution in [-0.4, -0.2) is 38.9 Å². The summed E-state index contributed by atoms with van der Waals surface area (Å²) in [4.78, 5) is 11.0. The number of carbonyl (C=O) groups is 1. The summed E-state index contributed by atoms with van der Waals surface area (Å²) in [7, 11) is -3.29. The first kappa shape index (κ1) is 11.4. The molecule has 0 aliphatic carbocycles. The summed E-state index contributed by atoms with van der Waals surface area (Å²) in [6.07, 6.45) is 1.03. The maximum atomic E-state index is 11.0. The van der Waals surface area contributed by atoms with Gasteiger partial charge < -0.3 is 11.1 Å². The van der Waals surface area contributed by atoms with E-state index >= 15 is 0 Å². The van der Waals surface area contributed by atoms with Crippen molar-refractivity contribution in [2.75, 3.05) is 19.3 Å². The van der Waals surface area contributed by atoms with Gasteiger partial charge in [0.15, 0.2) is 9.84 Å². The number of hydrogen-bond donors (Lipinski definition) is 2. The summed E-state index contributed by atoms with van der Waals surface area (Å²) in [5, 5.41) is 1.40. The minimum absolute atomic E-state index is 0.304. The third kappa shape index (κ3) is 3.68. The fraction of sp³-hybridized carbons (Fsp3) is 0.833. The highest BCUT2D eigenvalue weighted by Crippen LogP contribution is 1.96. The summed E-state index contributed by atoms with van der Waals surface area (Å²) < 4.78 is 21.7. The van der Waals surface area contributed by atoms with Gasteiger partial charge in [-0.25, -0.2) is 8.42 Å². The Hall–Kier alpha value is -0.620. The van der Waals surface area contributed by atoms with Gasteiger partial charge in [-0.15, -0.1) is 0 Å². The Morgan fingerprint density at radius 1 is 1.58 bits per heavy atom. The van der Waals surface area contributed by atoms with Crippen molar-refractivity contribution in [3.8, 4) is 0 Å². The molecule has 0 aliphatic heterocycles. The largest absolute Gasteiger partial charge is 0.354 e. The van der Waals surface area contributed by atoms with Crippen LogP contribution in [0.4, 0.5) is 0 Å². The molecule has 72 valence electrons. The third-order valence-corrected chi connectivity index (χ3v) is 2.95. The fourth-order valence-electron chi connectivity index (χ4n) is 0.534. The van der Waals surface area contributed by atoms with Gasteiger partial charge in [-0.2, -0.15) is 0 Å². The lowest BCUT2D eigenvalue weighted by atomic mass is 10.4. The van der Waals surface area contributed by atoms with E-state index in [1.807, 2.05) is 0 Å². The van der Waals surface area contributed by atoms with Crippen LogP contribution in [-0.2, 0) is 14.6 Å². The van der Waals surface area contributed by atoms with Gasteiger partial charge in [-0.3, -0.25) is 4.79 Å². The standard InChI is InChI=1S/C6H14N2O3S/c1-5(12(2,10)11)6(9)8-4-3-7/h5H,3-4,7H2,1-2H3,(H,8,9). The third-order valence-electron chi connectivity index (χ3n) is 1.46. The van der Waals surface area contributed by atoms with E-state index in [0.717, 1.165) is 6.26 Å². The van der Waals surface area contributed by atoms with Crippen LogP contribution in [0.15, 0.2) is 0 Å². The number of sulfone groups is 1.